The minimum atomic E-state index is -0.1000. The molecule has 0 spiro atoms. The van der Waals surface area contributed by atoms with Gasteiger partial charge in [0.2, 0.25) is 0 Å². The first kappa shape index (κ1) is 17.7. The van der Waals surface area contributed by atoms with E-state index in [-0.39, 0.29) is 17.9 Å². The first-order valence-electron chi connectivity index (χ1n) is 10.3. The van der Waals surface area contributed by atoms with Crippen molar-refractivity contribution in [3.63, 3.8) is 0 Å². The molecule has 0 bridgehead atoms. The second-order valence-corrected chi connectivity index (χ2v) is 8.80. The molecule has 0 atom stereocenters. The summed E-state index contributed by atoms with van der Waals surface area (Å²) in [5.41, 5.74) is 3.51. The van der Waals surface area contributed by atoms with Crippen LogP contribution in [0.5, 0.6) is 0 Å². The van der Waals surface area contributed by atoms with Crippen LogP contribution in [0.15, 0.2) is 47.5 Å². The molecule has 2 amide bonds. The summed E-state index contributed by atoms with van der Waals surface area (Å²) in [4.78, 5) is 31.7. The first-order chi connectivity index (χ1) is 13.8. The van der Waals surface area contributed by atoms with E-state index in [4.69, 9.17) is 0 Å². The van der Waals surface area contributed by atoms with Gasteiger partial charge in [-0.15, -0.1) is 11.3 Å². The largest absolute Gasteiger partial charge is 0.336 e. The Labute approximate surface area is 169 Å². The van der Waals surface area contributed by atoms with Crippen LogP contribution in [0.2, 0.25) is 0 Å². The molecule has 1 saturated carbocycles. The molecule has 2 aromatic rings. The molecule has 3 aliphatic rings. The van der Waals surface area contributed by atoms with E-state index in [1.807, 2.05) is 29.6 Å². The summed E-state index contributed by atoms with van der Waals surface area (Å²) in [6.07, 6.45) is 7.25. The van der Waals surface area contributed by atoms with Crippen LogP contribution in [0.4, 0.5) is 5.69 Å². The molecule has 1 fully saturated rings. The Morgan fingerprint density at radius 1 is 0.893 bits per heavy atom. The molecule has 28 heavy (non-hydrogen) atoms. The number of fused-ring (bicyclic) bond motifs is 1. The van der Waals surface area contributed by atoms with Gasteiger partial charge < -0.3 is 4.90 Å². The fourth-order valence-electron chi connectivity index (χ4n) is 4.87. The average Bonchev–Trinajstić information content (AvgIpc) is 3.34. The van der Waals surface area contributed by atoms with Gasteiger partial charge in [-0.05, 0) is 48.8 Å². The van der Waals surface area contributed by atoms with Crippen LogP contribution in [0.1, 0.15) is 49.0 Å². The molecule has 0 saturated heterocycles. The summed E-state index contributed by atoms with van der Waals surface area (Å²) in [6, 6.07) is 12.2. The van der Waals surface area contributed by atoms with Crippen molar-refractivity contribution < 1.29 is 9.59 Å². The van der Waals surface area contributed by atoms with Crippen LogP contribution in [0, 0.1) is 0 Å². The Hall–Kier alpha value is -2.40. The lowest BCUT2D eigenvalue weighted by molar-refractivity contribution is -0.140. The number of thiophene rings is 1. The molecule has 1 aromatic heterocycles. The molecule has 0 unspecified atom stereocenters. The Morgan fingerprint density at radius 2 is 1.71 bits per heavy atom. The van der Waals surface area contributed by atoms with Gasteiger partial charge in [0.15, 0.2) is 0 Å². The van der Waals surface area contributed by atoms with Gasteiger partial charge in [0.1, 0.15) is 5.70 Å². The molecule has 4 nitrogen and oxygen atoms in total. The van der Waals surface area contributed by atoms with Crippen molar-refractivity contribution in [3.8, 4) is 0 Å². The van der Waals surface area contributed by atoms with E-state index in [0.717, 1.165) is 55.6 Å². The number of imide groups is 1. The van der Waals surface area contributed by atoms with Gasteiger partial charge in [-0.25, -0.2) is 0 Å². The van der Waals surface area contributed by atoms with Crippen molar-refractivity contribution in [1.29, 1.82) is 0 Å². The Morgan fingerprint density at radius 3 is 2.50 bits per heavy atom. The quantitative estimate of drug-likeness (QED) is 0.716. The van der Waals surface area contributed by atoms with Crippen LogP contribution < -0.4 is 4.90 Å². The number of para-hydroxylation sites is 1. The van der Waals surface area contributed by atoms with E-state index in [9.17, 15) is 9.59 Å². The molecule has 1 aromatic carbocycles. The van der Waals surface area contributed by atoms with Gasteiger partial charge >= 0.3 is 0 Å². The Bertz CT molecular complexity index is 941. The van der Waals surface area contributed by atoms with Crippen LogP contribution in [0.3, 0.4) is 0 Å². The molecule has 0 radical (unpaired) electrons. The summed E-state index contributed by atoms with van der Waals surface area (Å²) in [5.74, 6) is -0.200. The number of hydrogen-bond donors (Lipinski definition) is 0. The van der Waals surface area contributed by atoms with E-state index < -0.39 is 0 Å². The normalized spacial score (nSPS) is 20.9. The molecule has 5 rings (SSSR count). The summed E-state index contributed by atoms with van der Waals surface area (Å²) in [7, 11) is 0. The highest BCUT2D eigenvalue weighted by molar-refractivity contribution is 7.11. The van der Waals surface area contributed by atoms with Gasteiger partial charge in [0, 0.05) is 23.2 Å². The van der Waals surface area contributed by atoms with Crippen molar-refractivity contribution in [1.82, 2.24) is 4.90 Å². The van der Waals surface area contributed by atoms with Crippen molar-refractivity contribution >= 4 is 34.4 Å². The molecule has 5 heteroatoms. The van der Waals surface area contributed by atoms with Crippen molar-refractivity contribution in [2.75, 3.05) is 11.4 Å². The number of nitrogens with zero attached hydrogens (tertiary/aromatic N) is 2. The zero-order valence-electron chi connectivity index (χ0n) is 15.9. The number of benzene rings is 1. The molecule has 3 heterocycles. The van der Waals surface area contributed by atoms with Crippen molar-refractivity contribution in [2.45, 2.75) is 51.0 Å². The van der Waals surface area contributed by atoms with Gasteiger partial charge in [0.25, 0.3) is 11.8 Å². The SMILES string of the molecule is O=C1C(c2cccs2)=C(N2CCCc3ccccc32)C(=O)N1C1CCCCC1. The summed E-state index contributed by atoms with van der Waals surface area (Å²) in [6.45, 7) is 0.777. The standard InChI is InChI=1S/C23H24N2O2S/c26-22-20(19-13-7-15-28-19)21(23(27)25(22)17-10-2-1-3-11-17)24-14-6-9-16-8-4-5-12-18(16)24/h4-5,7-8,12-13,15,17H,1-3,6,9-11,14H2. The van der Waals surface area contributed by atoms with E-state index in [2.05, 4.69) is 17.0 Å². The van der Waals surface area contributed by atoms with Gasteiger partial charge in [0.05, 0.1) is 5.57 Å². The minimum Gasteiger partial charge on any atom is -0.336 e. The van der Waals surface area contributed by atoms with Crippen molar-refractivity contribution in [2.24, 2.45) is 0 Å². The van der Waals surface area contributed by atoms with E-state index >= 15 is 0 Å². The topological polar surface area (TPSA) is 40.6 Å². The molecular weight excluding hydrogens is 368 g/mol. The summed E-state index contributed by atoms with van der Waals surface area (Å²) >= 11 is 1.54. The zero-order valence-corrected chi connectivity index (χ0v) is 16.7. The number of carbonyl (C=O) groups is 2. The lowest BCUT2D eigenvalue weighted by Gasteiger charge is -2.33. The van der Waals surface area contributed by atoms with E-state index in [1.54, 1.807) is 4.90 Å². The highest BCUT2D eigenvalue weighted by Crippen LogP contribution is 2.41. The number of anilines is 1. The number of aryl methyl sites for hydroxylation is 1. The first-order valence-corrected chi connectivity index (χ1v) is 11.1. The maximum absolute atomic E-state index is 13.6. The monoisotopic (exact) mass is 392 g/mol. The average molecular weight is 393 g/mol. The third kappa shape index (κ3) is 2.80. The third-order valence-corrected chi connectivity index (χ3v) is 7.07. The molecule has 144 valence electrons. The van der Waals surface area contributed by atoms with Crippen LogP contribution in [-0.4, -0.2) is 29.3 Å². The fourth-order valence-corrected chi connectivity index (χ4v) is 5.63. The maximum atomic E-state index is 13.6. The minimum absolute atomic E-state index is 0.0428. The number of carbonyl (C=O) groups excluding carboxylic acids is 2. The fraction of sp³-hybridized carbons (Fsp3) is 0.391. The Balaban J connectivity index is 1.62. The van der Waals surface area contributed by atoms with Crippen LogP contribution in [0.25, 0.3) is 5.57 Å². The van der Waals surface area contributed by atoms with Crippen LogP contribution >= 0.6 is 11.3 Å². The predicted molar refractivity (Wildman–Crippen MR) is 112 cm³/mol. The number of rotatable bonds is 3. The zero-order chi connectivity index (χ0) is 19.1. The highest BCUT2D eigenvalue weighted by atomic mass is 32.1. The van der Waals surface area contributed by atoms with Crippen molar-refractivity contribution in [3.05, 3.63) is 57.9 Å². The van der Waals surface area contributed by atoms with Crippen LogP contribution in [-0.2, 0) is 16.0 Å². The van der Waals surface area contributed by atoms with E-state index in [1.165, 1.54) is 23.3 Å². The second kappa shape index (κ2) is 7.21. The molecular formula is C23H24N2O2S. The summed E-state index contributed by atoms with van der Waals surface area (Å²) < 4.78 is 0. The predicted octanol–water partition coefficient (Wildman–Crippen LogP) is 4.61. The Kier molecular flexibility index (Phi) is 4.55. The molecule has 1 aliphatic carbocycles. The number of hydrogen-bond acceptors (Lipinski definition) is 4. The van der Waals surface area contributed by atoms with Gasteiger partial charge in [-0.2, -0.15) is 0 Å². The highest BCUT2D eigenvalue weighted by Gasteiger charge is 2.46. The van der Waals surface area contributed by atoms with Gasteiger partial charge in [-0.3, -0.25) is 14.5 Å². The smallest absolute Gasteiger partial charge is 0.278 e. The second-order valence-electron chi connectivity index (χ2n) is 7.86. The maximum Gasteiger partial charge on any atom is 0.278 e. The lowest BCUT2D eigenvalue weighted by Crippen LogP contribution is -2.44. The molecule has 0 N–H and O–H groups in total. The summed E-state index contributed by atoms with van der Waals surface area (Å²) in [5, 5.41) is 1.98. The van der Waals surface area contributed by atoms with E-state index in [0.29, 0.717) is 11.3 Å². The van der Waals surface area contributed by atoms with Gasteiger partial charge in [-0.1, -0.05) is 43.5 Å². The lowest BCUT2D eigenvalue weighted by atomic mass is 9.94. The molecule has 2 aliphatic heterocycles. The number of amides is 2. The third-order valence-electron chi connectivity index (χ3n) is 6.18.